The third kappa shape index (κ3) is 5.06. The van der Waals surface area contributed by atoms with Crippen molar-refractivity contribution in [3.63, 3.8) is 0 Å². The van der Waals surface area contributed by atoms with E-state index in [1.165, 1.54) is 11.6 Å². The summed E-state index contributed by atoms with van der Waals surface area (Å²) >= 11 is 0.968. The molecule has 29 heavy (non-hydrogen) atoms. The molecule has 0 aliphatic carbocycles. The second kappa shape index (κ2) is 8.41. The normalized spacial score (nSPS) is 12.8. The summed E-state index contributed by atoms with van der Waals surface area (Å²) in [5.41, 5.74) is 3.46. The molecule has 0 saturated heterocycles. The van der Waals surface area contributed by atoms with E-state index in [-0.39, 0.29) is 28.2 Å². The quantitative estimate of drug-likeness (QED) is 0.454. The van der Waals surface area contributed by atoms with Gasteiger partial charge in [0.1, 0.15) is 5.03 Å². The van der Waals surface area contributed by atoms with Crippen molar-refractivity contribution in [1.82, 2.24) is 15.3 Å². The molecule has 1 amide bonds. The highest BCUT2D eigenvalue weighted by Gasteiger charge is 2.35. The van der Waals surface area contributed by atoms with Gasteiger partial charge in [0.2, 0.25) is 11.7 Å². The van der Waals surface area contributed by atoms with Crippen LogP contribution in [0.4, 0.5) is 13.2 Å². The van der Waals surface area contributed by atoms with Gasteiger partial charge in [0.15, 0.2) is 0 Å². The molecule has 0 aliphatic rings. The lowest BCUT2D eigenvalue weighted by atomic mass is 10.0. The second-order valence-electron chi connectivity index (χ2n) is 6.79. The van der Waals surface area contributed by atoms with E-state index in [0.717, 1.165) is 22.9 Å². The molecule has 0 bridgehead atoms. The molecular weight excluding hydrogens is 399 g/mol. The third-order valence-electron chi connectivity index (χ3n) is 4.57. The van der Waals surface area contributed by atoms with Gasteiger partial charge in [0.25, 0.3) is 0 Å². The number of fused-ring (bicyclic) bond motifs is 1. The maximum atomic E-state index is 13.1. The Morgan fingerprint density at radius 3 is 2.52 bits per heavy atom. The second-order valence-corrected chi connectivity index (χ2v) is 7.75. The summed E-state index contributed by atoms with van der Waals surface area (Å²) in [4.78, 5) is 19.6. The number of rotatable bonds is 5. The molecule has 2 aromatic carbocycles. The lowest BCUT2D eigenvalue weighted by Gasteiger charge is -2.16. The zero-order chi connectivity index (χ0) is 21.2. The van der Waals surface area contributed by atoms with Gasteiger partial charge >= 0.3 is 6.18 Å². The first-order valence-electron chi connectivity index (χ1n) is 8.98. The number of carbonyl (C=O) groups excluding carboxylic acids is 1. The van der Waals surface area contributed by atoms with Crippen LogP contribution in [0.5, 0.6) is 0 Å². The standard InChI is InChI=1S/C21H20F3N3OS/c1-12-8-9-15(10-13(12)2)14(3)25-18(28)11-29-19-16-6-4-5-7-17(16)26-20(27-19)21(22,23)24/h4-10,14H,11H2,1-3H3,(H,25,28)/t14-/m0/s1. The van der Waals surface area contributed by atoms with Crippen molar-refractivity contribution in [2.45, 2.75) is 38.0 Å². The molecule has 1 aromatic heterocycles. The number of aromatic nitrogens is 2. The van der Waals surface area contributed by atoms with E-state index < -0.39 is 12.0 Å². The average molecular weight is 419 g/mol. The van der Waals surface area contributed by atoms with E-state index in [0.29, 0.717) is 5.39 Å². The van der Waals surface area contributed by atoms with Crippen molar-refractivity contribution in [2.24, 2.45) is 0 Å². The zero-order valence-electron chi connectivity index (χ0n) is 16.2. The molecule has 3 aromatic rings. The number of thioether (sulfide) groups is 1. The van der Waals surface area contributed by atoms with Gasteiger partial charge in [-0.3, -0.25) is 4.79 Å². The van der Waals surface area contributed by atoms with Gasteiger partial charge in [-0.2, -0.15) is 13.2 Å². The first-order valence-corrected chi connectivity index (χ1v) is 9.97. The number of alkyl halides is 3. The van der Waals surface area contributed by atoms with Crippen molar-refractivity contribution in [2.75, 3.05) is 5.75 Å². The van der Waals surface area contributed by atoms with Gasteiger partial charge in [-0.25, -0.2) is 9.97 Å². The number of amides is 1. The molecule has 0 aliphatic heterocycles. The maximum Gasteiger partial charge on any atom is 0.451 e. The van der Waals surface area contributed by atoms with Gasteiger partial charge in [-0.15, -0.1) is 0 Å². The predicted molar refractivity (Wildman–Crippen MR) is 108 cm³/mol. The summed E-state index contributed by atoms with van der Waals surface area (Å²) in [6.45, 7) is 5.89. The molecule has 3 rings (SSSR count). The van der Waals surface area contributed by atoms with E-state index in [4.69, 9.17) is 0 Å². The highest BCUT2D eigenvalue weighted by atomic mass is 32.2. The number of benzene rings is 2. The number of nitrogens with zero attached hydrogens (tertiary/aromatic N) is 2. The van der Waals surface area contributed by atoms with Gasteiger partial charge < -0.3 is 5.32 Å². The van der Waals surface area contributed by atoms with E-state index in [9.17, 15) is 18.0 Å². The Labute approximate surface area is 170 Å². The van der Waals surface area contributed by atoms with Gasteiger partial charge in [0.05, 0.1) is 17.3 Å². The molecule has 1 heterocycles. The number of hydrogen-bond donors (Lipinski definition) is 1. The minimum Gasteiger partial charge on any atom is -0.349 e. The van der Waals surface area contributed by atoms with Crippen molar-refractivity contribution >= 4 is 28.6 Å². The zero-order valence-corrected chi connectivity index (χ0v) is 17.0. The van der Waals surface area contributed by atoms with Crippen LogP contribution in [0.3, 0.4) is 0 Å². The summed E-state index contributed by atoms with van der Waals surface area (Å²) in [5.74, 6) is -1.53. The van der Waals surface area contributed by atoms with Crippen LogP contribution in [0.25, 0.3) is 10.9 Å². The number of aryl methyl sites for hydroxylation is 2. The first-order chi connectivity index (χ1) is 13.6. The Balaban J connectivity index is 1.74. The van der Waals surface area contributed by atoms with Gasteiger partial charge in [0, 0.05) is 5.39 Å². The summed E-state index contributed by atoms with van der Waals surface area (Å²) in [6, 6.07) is 12.2. The van der Waals surface area contributed by atoms with Crippen LogP contribution in [-0.2, 0) is 11.0 Å². The molecule has 152 valence electrons. The van der Waals surface area contributed by atoms with E-state index in [1.54, 1.807) is 18.2 Å². The van der Waals surface area contributed by atoms with Crippen molar-refractivity contribution in [3.8, 4) is 0 Å². The largest absolute Gasteiger partial charge is 0.451 e. The van der Waals surface area contributed by atoms with Crippen LogP contribution in [-0.4, -0.2) is 21.6 Å². The molecule has 4 nitrogen and oxygen atoms in total. The van der Waals surface area contributed by atoms with Crippen LogP contribution in [0, 0.1) is 13.8 Å². The SMILES string of the molecule is Cc1ccc([C@H](C)NC(=O)CSc2nc(C(F)(F)F)nc3ccccc23)cc1C. The van der Waals surface area contributed by atoms with Crippen LogP contribution in [0.2, 0.25) is 0 Å². The topological polar surface area (TPSA) is 54.9 Å². The Morgan fingerprint density at radius 2 is 1.83 bits per heavy atom. The molecule has 8 heteroatoms. The number of para-hydroxylation sites is 1. The Kier molecular flexibility index (Phi) is 6.12. The lowest BCUT2D eigenvalue weighted by Crippen LogP contribution is -2.28. The fraction of sp³-hybridized carbons (Fsp3) is 0.286. The predicted octanol–water partition coefficient (Wildman–Crippen LogP) is 5.23. The summed E-state index contributed by atoms with van der Waals surface area (Å²) in [7, 11) is 0. The fourth-order valence-electron chi connectivity index (χ4n) is 2.82. The van der Waals surface area contributed by atoms with Crippen molar-refractivity contribution < 1.29 is 18.0 Å². The van der Waals surface area contributed by atoms with Gasteiger partial charge in [-0.1, -0.05) is 48.2 Å². The average Bonchev–Trinajstić information content (AvgIpc) is 2.67. The molecule has 0 spiro atoms. The van der Waals surface area contributed by atoms with E-state index in [1.807, 2.05) is 39.0 Å². The fourth-order valence-corrected chi connectivity index (χ4v) is 3.65. The number of carbonyl (C=O) groups is 1. The first kappa shape index (κ1) is 21.1. The smallest absolute Gasteiger partial charge is 0.349 e. The number of nitrogens with one attached hydrogen (secondary N) is 1. The molecule has 0 radical (unpaired) electrons. The molecular formula is C21H20F3N3OS. The molecule has 0 fully saturated rings. The van der Waals surface area contributed by atoms with E-state index in [2.05, 4.69) is 15.3 Å². The van der Waals surface area contributed by atoms with Gasteiger partial charge in [-0.05, 0) is 43.5 Å². The summed E-state index contributed by atoms with van der Waals surface area (Å²) < 4.78 is 39.3. The lowest BCUT2D eigenvalue weighted by molar-refractivity contribution is -0.145. The molecule has 0 unspecified atom stereocenters. The Hall–Kier alpha value is -2.61. The molecule has 1 atom stereocenters. The summed E-state index contributed by atoms with van der Waals surface area (Å²) in [6.07, 6.45) is -4.65. The van der Waals surface area contributed by atoms with Crippen LogP contribution in [0.1, 0.15) is 35.5 Å². The number of halogens is 3. The van der Waals surface area contributed by atoms with Crippen molar-refractivity contribution in [1.29, 1.82) is 0 Å². The van der Waals surface area contributed by atoms with Crippen LogP contribution >= 0.6 is 11.8 Å². The minimum atomic E-state index is -4.65. The highest BCUT2D eigenvalue weighted by Crippen LogP contribution is 2.32. The third-order valence-corrected chi connectivity index (χ3v) is 5.56. The highest BCUT2D eigenvalue weighted by molar-refractivity contribution is 8.00. The summed E-state index contributed by atoms with van der Waals surface area (Å²) in [5, 5.41) is 3.50. The van der Waals surface area contributed by atoms with Crippen molar-refractivity contribution in [3.05, 3.63) is 65.0 Å². The maximum absolute atomic E-state index is 13.1. The Morgan fingerprint density at radius 1 is 1.10 bits per heavy atom. The molecule has 0 saturated carbocycles. The molecule has 1 N–H and O–H groups in total. The van der Waals surface area contributed by atoms with Crippen LogP contribution in [0.15, 0.2) is 47.5 Å². The van der Waals surface area contributed by atoms with Crippen LogP contribution < -0.4 is 5.32 Å². The number of hydrogen-bond acceptors (Lipinski definition) is 4. The minimum absolute atomic E-state index is 0.0481. The monoisotopic (exact) mass is 419 g/mol. The Bertz CT molecular complexity index is 1050. The van der Waals surface area contributed by atoms with E-state index >= 15 is 0 Å².